The van der Waals surface area contributed by atoms with E-state index in [0.717, 1.165) is 17.0 Å². The van der Waals surface area contributed by atoms with Gasteiger partial charge in [0.15, 0.2) is 11.5 Å². The van der Waals surface area contributed by atoms with E-state index in [2.05, 4.69) is 10.3 Å². The fraction of sp³-hybridized carbons (Fsp3) is 0.389. The number of oxime groups is 1. The van der Waals surface area contributed by atoms with E-state index in [0.29, 0.717) is 18.4 Å². The Kier molecular flexibility index (Phi) is 6.33. The Labute approximate surface area is 180 Å². The number of hydrogen-bond donors (Lipinski definition) is 1. The summed E-state index contributed by atoms with van der Waals surface area (Å²) >= 11 is 6.01. The summed E-state index contributed by atoms with van der Waals surface area (Å²) in [5, 5.41) is 7.16. The Balaban J connectivity index is 1.78. The van der Waals surface area contributed by atoms with Crippen LogP contribution in [0.15, 0.2) is 29.4 Å². The second-order valence-electron chi connectivity index (χ2n) is 7.15. The standard InChI is InChI=1S/C18H18ClF3N4O4S/c1-31(28,29)8-7-26-13(15(21)22)9-12(24-26)16(27)30-25-17(23)18(5-6-18)10-3-2-4-11(20)14(10)19/h2-4,9,15H,5-8H2,1H3,(H2,23,25). The van der Waals surface area contributed by atoms with Gasteiger partial charge in [0.1, 0.15) is 21.3 Å². The summed E-state index contributed by atoms with van der Waals surface area (Å²) in [4.78, 5) is 17.0. The minimum Gasteiger partial charge on any atom is -0.384 e. The summed E-state index contributed by atoms with van der Waals surface area (Å²) in [5.41, 5.74) is 4.33. The predicted molar refractivity (Wildman–Crippen MR) is 106 cm³/mol. The molecule has 1 fully saturated rings. The van der Waals surface area contributed by atoms with Crippen LogP contribution in [0, 0.1) is 5.82 Å². The molecule has 0 unspecified atom stereocenters. The average Bonchev–Trinajstić information content (AvgIpc) is 3.37. The predicted octanol–water partition coefficient (Wildman–Crippen LogP) is 2.82. The van der Waals surface area contributed by atoms with Crippen LogP contribution in [-0.4, -0.2) is 42.0 Å². The molecule has 0 spiro atoms. The van der Waals surface area contributed by atoms with E-state index in [1.165, 1.54) is 12.1 Å². The first-order valence-electron chi connectivity index (χ1n) is 8.98. The number of alkyl halides is 2. The van der Waals surface area contributed by atoms with Gasteiger partial charge >= 0.3 is 5.97 Å². The van der Waals surface area contributed by atoms with Gasteiger partial charge in [0.25, 0.3) is 6.43 Å². The number of aryl methyl sites for hydroxylation is 1. The zero-order valence-corrected chi connectivity index (χ0v) is 17.8. The maximum atomic E-state index is 13.8. The molecule has 1 saturated carbocycles. The summed E-state index contributed by atoms with van der Waals surface area (Å²) in [5.74, 6) is -2.36. The molecule has 1 aliphatic rings. The molecule has 0 atom stereocenters. The summed E-state index contributed by atoms with van der Waals surface area (Å²) in [7, 11) is -3.44. The number of amidine groups is 1. The number of carbonyl (C=O) groups excluding carboxylic acids is 1. The third kappa shape index (κ3) is 5.01. The van der Waals surface area contributed by atoms with Crippen molar-refractivity contribution in [1.29, 1.82) is 0 Å². The molecular formula is C18H18ClF3N4O4S. The Morgan fingerprint density at radius 3 is 2.68 bits per heavy atom. The molecule has 2 N–H and O–H groups in total. The molecule has 1 aromatic heterocycles. The minimum absolute atomic E-state index is 0.115. The molecule has 0 amide bonds. The van der Waals surface area contributed by atoms with Crippen molar-refractivity contribution in [1.82, 2.24) is 9.78 Å². The number of benzene rings is 1. The zero-order chi connectivity index (χ0) is 23.0. The maximum absolute atomic E-state index is 13.8. The van der Waals surface area contributed by atoms with Crippen molar-refractivity contribution in [3.05, 3.63) is 52.1 Å². The molecule has 13 heteroatoms. The van der Waals surface area contributed by atoms with Gasteiger partial charge in [-0.3, -0.25) is 4.68 Å². The van der Waals surface area contributed by atoms with Gasteiger partial charge in [0, 0.05) is 12.3 Å². The van der Waals surface area contributed by atoms with Gasteiger partial charge in [0.2, 0.25) is 0 Å². The third-order valence-corrected chi connectivity index (χ3v) is 6.16. The normalized spacial score (nSPS) is 15.9. The van der Waals surface area contributed by atoms with Crippen molar-refractivity contribution in [2.75, 3.05) is 12.0 Å². The fourth-order valence-corrected chi connectivity index (χ4v) is 3.84. The Morgan fingerprint density at radius 1 is 1.42 bits per heavy atom. The highest BCUT2D eigenvalue weighted by Gasteiger charge is 2.50. The lowest BCUT2D eigenvalue weighted by Gasteiger charge is -2.16. The molecule has 3 rings (SSSR count). The van der Waals surface area contributed by atoms with Crippen LogP contribution in [0.25, 0.3) is 0 Å². The monoisotopic (exact) mass is 478 g/mol. The van der Waals surface area contributed by atoms with Crippen molar-refractivity contribution in [3.8, 4) is 0 Å². The number of halogens is 4. The van der Waals surface area contributed by atoms with Crippen LogP contribution in [0.3, 0.4) is 0 Å². The Bertz CT molecular complexity index is 1150. The number of aromatic nitrogens is 2. The van der Waals surface area contributed by atoms with Crippen LogP contribution >= 0.6 is 11.6 Å². The van der Waals surface area contributed by atoms with Crippen LogP contribution in [0.4, 0.5) is 13.2 Å². The number of rotatable bonds is 8. The molecule has 2 aromatic rings. The fourth-order valence-electron chi connectivity index (χ4n) is 3.02. The second kappa shape index (κ2) is 8.50. The molecule has 8 nitrogen and oxygen atoms in total. The topological polar surface area (TPSA) is 117 Å². The molecule has 0 bridgehead atoms. The van der Waals surface area contributed by atoms with Gasteiger partial charge in [-0.25, -0.2) is 26.4 Å². The van der Waals surface area contributed by atoms with Gasteiger partial charge in [-0.2, -0.15) is 5.10 Å². The molecule has 1 aromatic carbocycles. The van der Waals surface area contributed by atoms with E-state index in [1.807, 2.05) is 0 Å². The smallest absolute Gasteiger partial charge is 0.384 e. The first-order chi connectivity index (χ1) is 14.4. The largest absolute Gasteiger partial charge is 0.385 e. The van der Waals surface area contributed by atoms with Crippen molar-refractivity contribution < 1.29 is 31.2 Å². The zero-order valence-electron chi connectivity index (χ0n) is 16.2. The van der Waals surface area contributed by atoms with Crippen LogP contribution in [0.1, 0.15) is 41.0 Å². The van der Waals surface area contributed by atoms with Gasteiger partial charge in [-0.15, -0.1) is 0 Å². The van der Waals surface area contributed by atoms with Gasteiger partial charge < -0.3 is 10.6 Å². The van der Waals surface area contributed by atoms with E-state index in [-0.39, 0.29) is 17.4 Å². The molecule has 168 valence electrons. The maximum Gasteiger partial charge on any atom is 0.385 e. The summed E-state index contributed by atoms with van der Waals surface area (Å²) in [6, 6.07) is 5.03. The Hall–Kier alpha value is -2.60. The molecule has 0 saturated heterocycles. The van der Waals surface area contributed by atoms with Crippen molar-refractivity contribution in [2.45, 2.75) is 31.2 Å². The lowest BCUT2D eigenvalue weighted by Crippen LogP contribution is -2.30. The SMILES string of the molecule is CS(=O)(=O)CCn1nc(C(=O)O/N=C(\N)C2(c3cccc(F)c3Cl)CC2)cc1C(F)F. The highest BCUT2D eigenvalue weighted by Crippen LogP contribution is 2.51. The minimum atomic E-state index is -3.44. The number of nitrogens with two attached hydrogens (primary N) is 1. The van der Waals surface area contributed by atoms with Crippen LogP contribution in [-0.2, 0) is 26.6 Å². The summed E-state index contributed by atoms with van der Waals surface area (Å²) in [6.45, 7) is -0.363. The summed E-state index contributed by atoms with van der Waals surface area (Å²) < 4.78 is 63.5. The number of carbonyl (C=O) groups is 1. The van der Waals surface area contributed by atoms with E-state index in [9.17, 15) is 26.4 Å². The second-order valence-corrected chi connectivity index (χ2v) is 9.78. The average molecular weight is 479 g/mol. The lowest BCUT2D eigenvalue weighted by atomic mass is 9.94. The molecule has 0 aliphatic heterocycles. The van der Waals surface area contributed by atoms with E-state index in [1.54, 1.807) is 6.07 Å². The van der Waals surface area contributed by atoms with Crippen molar-refractivity contribution in [2.24, 2.45) is 10.9 Å². The number of hydrogen-bond acceptors (Lipinski definition) is 6. The van der Waals surface area contributed by atoms with E-state index < -0.39 is 50.6 Å². The molecule has 1 heterocycles. The lowest BCUT2D eigenvalue weighted by molar-refractivity contribution is 0.0506. The first kappa shape index (κ1) is 23.1. The van der Waals surface area contributed by atoms with Crippen LogP contribution in [0.2, 0.25) is 5.02 Å². The number of sulfone groups is 1. The molecule has 0 radical (unpaired) electrons. The van der Waals surface area contributed by atoms with Crippen LogP contribution in [0.5, 0.6) is 0 Å². The highest BCUT2D eigenvalue weighted by molar-refractivity contribution is 7.90. The van der Waals surface area contributed by atoms with Crippen molar-refractivity contribution >= 4 is 33.2 Å². The third-order valence-electron chi connectivity index (χ3n) is 4.85. The van der Waals surface area contributed by atoms with Gasteiger partial charge in [-0.1, -0.05) is 28.9 Å². The number of nitrogens with zero attached hydrogens (tertiary/aromatic N) is 3. The quantitative estimate of drug-likeness (QED) is 0.270. The van der Waals surface area contributed by atoms with Crippen LogP contribution < -0.4 is 5.73 Å². The van der Waals surface area contributed by atoms with E-state index in [4.69, 9.17) is 22.2 Å². The molecule has 1 aliphatic carbocycles. The highest BCUT2D eigenvalue weighted by atomic mass is 35.5. The molecule has 31 heavy (non-hydrogen) atoms. The van der Waals surface area contributed by atoms with E-state index >= 15 is 0 Å². The first-order valence-corrected chi connectivity index (χ1v) is 11.4. The van der Waals surface area contributed by atoms with Crippen molar-refractivity contribution in [3.63, 3.8) is 0 Å². The molecular weight excluding hydrogens is 461 g/mol. The van der Waals surface area contributed by atoms with Gasteiger partial charge in [-0.05, 0) is 24.5 Å². The Morgan fingerprint density at radius 2 is 2.10 bits per heavy atom. The summed E-state index contributed by atoms with van der Waals surface area (Å²) in [6.07, 6.45) is -1.05. The van der Waals surface area contributed by atoms with Gasteiger partial charge in [0.05, 0.1) is 22.7 Å².